The summed E-state index contributed by atoms with van der Waals surface area (Å²) in [5.41, 5.74) is 7.92. The summed E-state index contributed by atoms with van der Waals surface area (Å²) in [7, 11) is 0. The van der Waals surface area contributed by atoms with Crippen LogP contribution in [0.3, 0.4) is 0 Å². The van der Waals surface area contributed by atoms with E-state index >= 15 is 0 Å². The Morgan fingerprint density at radius 2 is 1.44 bits per heavy atom. The van der Waals surface area contributed by atoms with Gasteiger partial charge in [0.15, 0.2) is 5.11 Å². The first-order valence-electron chi connectivity index (χ1n) is 13.1. The van der Waals surface area contributed by atoms with Crippen LogP contribution < -0.4 is 15.0 Å². The molecule has 1 saturated heterocycles. The van der Waals surface area contributed by atoms with E-state index < -0.39 is 0 Å². The van der Waals surface area contributed by atoms with Crippen LogP contribution in [0.2, 0.25) is 0 Å². The molecule has 6 rings (SSSR count). The van der Waals surface area contributed by atoms with Crippen molar-refractivity contribution < 1.29 is 4.74 Å². The minimum atomic E-state index is -0.106. The molecule has 3 heterocycles. The third-order valence-corrected chi connectivity index (χ3v) is 7.59. The van der Waals surface area contributed by atoms with Crippen LogP contribution in [0.1, 0.15) is 40.3 Å². The minimum Gasteiger partial charge on any atom is -0.457 e. The highest BCUT2D eigenvalue weighted by Gasteiger charge is 2.42. The Morgan fingerprint density at radius 3 is 2.13 bits per heavy atom. The number of thiocarbonyl (C=S) groups is 1. The van der Waals surface area contributed by atoms with Gasteiger partial charge in [-0.1, -0.05) is 42.0 Å². The number of anilines is 1. The molecule has 3 aromatic carbocycles. The monoisotopic (exact) mass is 530 g/mol. The standard InChI is InChI=1S/C33H30N4OS/c1-22-12-14-25(15-13-22)36-23(2)21-29(24(36)3)32-31(30-11-7-8-20-34-30)35-33(39)37(32)26-16-18-28(19-17-26)38-27-9-5-4-6-10-27/h4-21,31-32H,1-3H3,(H,35,39)/t31-,32-/m0/s1. The van der Waals surface area contributed by atoms with Crippen molar-refractivity contribution in [3.05, 3.63) is 138 Å². The van der Waals surface area contributed by atoms with Gasteiger partial charge in [0.2, 0.25) is 0 Å². The third kappa shape index (κ3) is 4.79. The molecule has 1 N–H and O–H groups in total. The van der Waals surface area contributed by atoms with E-state index in [1.165, 1.54) is 22.5 Å². The molecule has 0 amide bonds. The highest BCUT2D eigenvalue weighted by Crippen LogP contribution is 2.44. The Bertz CT molecular complexity index is 1600. The number of ether oxygens (including phenoxy) is 1. The molecule has 0 aliphatic carbocycles. The smallest absolute Gasteiger partial charge is 0.174 e. The van der Waals surface area contributed by atoms with Crippen LogP contribution in [-0.4, -0.2) is 14.7 Å². The summed E-state index contributed by atoms with van der Waals surface area (Å²) in [6, 6.07) is 34.7. The molecule has 194 valence electrons. The number of benzene rings is 3. The lowest BCUT2D eigenvalue weighted by Gasteiger charge is -2.28. The Balaban J connectivity index is 1.41. The number of para-hydroxylation sites is 1. The number of hydrogen-bond donors (Lipinski definition) is 1. The fourth-order valence-electron chi connectivity index (χ4n) is 5.43. The maximum absolute atomic E-state index is 6.04. The summed E-state index contributed by atoms with van der Waals surface area (Å²) < 4.78 is 8.36. The largest absolute Gasteiger partial charge is 0.457 e. The topological polar surface area (TPSA) is 42.3 Å². The van der Waals surface area contributed by atoms with Gasteiger partial charge >= 0.3 is 0 Å². The van der Waals surface area contributed by atoms with Crippen LogP contribution in [-0.2, 0) is 0 Å². The highest BCUT2D eigenvalue weighted by atomic mass is 32.1. The first-order chi connectivity index (χ1) is 19.0. The van der Waals surface area contributed by atoms with E-state index in [9.17, 15) is 0 Å². The Labute approximate surface area is 234 Å². The average Bonchev–Trinajstić information content (AvgIpc) is 3.45. The second kappa shape index (κ2) is 10.4. The normalized spacial score (nSPS) is 16.8. The molecule has 39 heavy (non-hydrogen) atoms. The quantitative estimate of drug-likeness (QED) is 0.227. The van der Waals surface area contributed by atoms with Crippen molar-refractivity contribution in [2.24, 2.45) is 0 Å². The Kier molecular flexibility index (Phi) is 6.63. The van der Waals surface area contributed by atoms with Gasteiger partial charge in [-0.3, -0.25) is 4.98 Å². The molecule has 1 fully saturated rings. The Morgan fingerprint density at radius 1 is 0.769 bits per heavy atom. The molecule has 2 atom stereocenters. The summed E-state index contributed by atoms with van der Waals surface area (Å²) >= 11 is 5.95. The molecule has 0 radical (unpaired) electrons. The molecule has 0 unspecified atom stereocenters. The predicted molar refractivity (Wildman–Crippen MR) is 161 cm³/mol. The summed E-state index contributed by atoms with van der Waals surface area (Å²) in [6.45, 7) is 6.46. The lowest BCUT2D eigenvalue weighted by atomic mass is 9.96. The van der Waals surface area contributed by atoms with Gasteiger partial charge < -0.3 is 19.5 Å². The minimum absolute atomic E-state index is 0.0845. The summed E-state index contributed by atoms with van der Waals surface area (Å²) in [5, 5.41) is 4.25. The molecular formula is C33H30N4OS. The van der Waals surface area contributed by atoms with Crippen molar-refractivity contribution in [3.8, 4) is 17.2 Å². The van der Waals surface area contributed by atoms with Gasteiger partial charge in [0.25, 0.3) is 0 Å². The number of rotatable bonds is 6. The second-order valence-corrected chi connectivity index (χ2v) is 10.3. The van der Waals surface area contributed by atoms with Crippen LogP contribution in [0.5, 0.6) is 11.5 Å². The fourth-order valence-corrected chi connectivity index (χ4v) is 5.77. The first-order valence-corrected chi connectivity index (χ1v) is 13.5. The molecule has 0 bridgehead atoms. The second-order valence-electron chi connectivity index (χ2n) is 9.90. The van der Waals surface area contributed by atoms with E-state index in [1.54, 1.807) is 0 Å². The first kappa shape index (κ1) is 24.9. The molecule has 6 heteroatoms. The molecule has 5 nitrogen and oxygen atoms in total. The maximum Gasteiger partial charge on any atom is 0.174 e. The van der Waals surface area contributed by atoms with Gasteiger partial charge in [-0.05, 0) is 105 Å². The van der Waals surface area contributed by atoms with Crippen molar-refractivity contribution in [3.63, 3.8) is 0 Å². The van der Waals surface area contributed by atoms with Crippen molar-refractivity contribution in [1.29, 1.82) is 0 Å². The highest BCUT2D eigenvalue weighted by molar-refractivity contribution is 7.80. The zero-order chi connectivity index (χ0) is 26.9. The number of nitrogens with zero attached hydrogens (tertiary/aromatic N) is 3. The van der Waals surface area contributed by atoms with Crippen LogP contribution in [0, 0.1) is 20.8 Å². The Hall–Kier alpha value is -4.42. The molecule has 1 aliphatic rings. The van der Waals surface area contributed by atoms with E-state index in [0.717, 1.165) is 28.6 Å². The van der Waals surface area contributed by atoms with E-state index in [1.807, 2.05) is 60.8 Å². The van der Waals surface area contributed by atoms with E-state index in [-0.39, 0.29) is 12.1 Å². The van der Waals surface area contributed by atoms with Gasteiger partial charge in [-0.25, -0.2) is 0 Å². The van der Waals surface area contributed by atoms with E-state index in [0.29, 0.717) is 5.11 Å². The van der Waals surface area contributed by atoms with Crippen LogP contribution in [0.15, 0.2) is 109 Å². The van der Waals surface area contributed by atoms with Gasteiger partial charge in [-0.2, -0.15) is 0 Å². The van der Waals surface area contributed by atoms with Gasteiger partial charge in [-0.15, -0.1) is 0 Å². The molecule has 0 saturated carbocycles. The number of pyridine rings is 1. The number of aryl methyl sites for hydroxylation is 2. The maximum atomic E-state index is 6.04. The molecular weight excluding hydrogens is 500 g/mol. The van der Waals surface area contributed by atoms with Crippen molar-refractivity contribution in [2.75, 3.05) is 4.90 Å². The fraction of sp³-hybridized carbons (Fsp3) is 0.152. The average molecular weight is 531 g/mol. The SMILES string of the molecule is Cc1ccc(-n2c(C)cc([C@H]3[C@H](c4ccccn4)NC(=S)N3c3ccc(Oc4ccccc4)cc3)c2C)cc1. The van der Waals surface area contributed by atoms with Crippen LogP contribution in [0.4, 0.5) is 5.69 Å². The lowest BCUT2D eigenvalue weighted by Crippen LogP contribution is -2.29. The zero-order valence-corrected chi connectivity index (χ0v) is 23.0. The number of aromatic nitrogens is 2. The van der Waals surface area contributed by atoms with Crippen molar-refractivity contribution in [1.82, 2.24) is 14.9 Å². The zero-order valence-electron chi connectivity index (χ0n) is 22.2. The summed E-state index contributed by atoms with van der Waals surface area (Å²) in [6.07, 6.45) is 1.84. The van der Waals surface area contributed by atoms with Gasteiger partial charge in [0, 0.05) is 29.0 Å². The van der Waals surface area contributed by atoms with Crippen molar-refractivity contribution in [2.45, 2.75) is 32.9 Å². The van der Waals surface area contributed by atoms with Gasteiger partial charge in [0.1, 0.15) is 11.5 Å². The van der Waals surface area contributed by atoms with E-state index in [2.05, 4.69) is 84.1 Å². The number of hydrogen-bond acceptors (Lipinski definition) is 3. The molecule has 1 aliphatic heterocycles. The number of nitrogens with one attached hydrogen (secondary N) is 1. The summed E-state index contributed by atoms with van der Waals surface area (Å²) in [4.78, 5) is 6.92. The lowest BCUT2D eigenvalue weighted by molar-refractivity contribution is 0.482. The molecule has 0 spiro atoms. The van der Waals surface area contributed by atoms with Crippen LogP contribution in [0.25, 0.3) is 5.69 Å². The molecule has 5 aromatic rings. The van der Waals surface area contributed by atoms with E-state index in [4.69, 9.17) is 21.9 Å². The molecule has 2 aromatic heterocycles. The van der Waals surface area contributed by atoms with Crippen LogP contribution >= 0.6 is 12.2 Å². The third-order valence-electron chi connectivity index (χ3n) is 7.27. The van der Waals surface area contributed by atoms with Gasteiger partial charge in [0.05, 0.1) is 17.8 Å². The van der Waals surface area contributed by atoms with Crippen molar-refractivity contribution >= 4 is 23.0 Å². The summed E-state index contributed by atoms with van der Waals surface area (Å²) in [5.74, 6) is 1.58. The predicted octanol–water partition coefficient (Wildman–Crippen LogP) is 7.77.